The highest BCUT2D eigenvalue weighted by molar-refractivity contribution is 6.32. The van der Waals surface area contributed by atoms with E-state index in [2.05, 4.69) is 0 Å². The lowest BCUT2D eigenvalue weighted by molar-refractivity contribution is 0.0700. The fraction of sp³-hybridized carbons (Fsp3) is 0. The quantitative estimate of drug-likeness (QED) is 0.488. The summed E-state index contributed by atoms with van der Waals surface area (Å²) in [6, 6.07) is 5.97. The number of esters is 1. The van der Waals surface area contributed by atoms with Crippen molar-refractivity contribution in [2.75, 3.05) is 0 Å². The zero-order chi connectivity index (χ0) is 13.1. The lowest BCUT2D eigenvalue weighted by Crippen LogP contribution is -2.07. The van der Waals surface area contributed by atoms with Crippen LogP contribution in [0.3, 0.4) is 0 Å². The van der Waals surface area contributed by atoms with Gasteiger partial charge < -0.3 is 9.15 Å². The Bertz CT molecular complexity index is 606. The van der Waals surface area contributed by atoms with Crippen LogP contribution in [0.4, 0.5) is 4.39 Å². The zero-order valence-corrected chi connectivity index (χ0v) is 9.61. The van der Waals surface area contributed by atoms with E-state index >= 15 is 0 Å². The van der Waals surface area contributed by atoms with E-state index in [0.29, 0.717) is 6.29 Å². The minimum absolute atomic E-state index is 0.00659. The SMILES string of the molecule is O=Cc1ccc(C(=O)Oc2ccc(F)cc2Cl)o1. The van der Waals surface area contributed by atoms with Crippen molar-refractivity contribution in [2.24, 2.45) is 0 Å². The van der Waals surface area contributed by atoms with Gasteiger partial charge in [0.1, 0.15) is 11.6 Å². The number of benzene rings is 1. The highest BCUT2D eigenvalue weighted by Gasteiger charge is 2.15. The van der Waals surface area contributed by atoms with Crippen LogP contribution in [-0.4, -0.2) is 12.3 Å². The number of halogens is 2. The van der Waals surface area contributed by atoms with Crippen molar-refractivity contribution in [3.8, 4) is 5.75 Å². The van der Waals surface area contributed by atoms with Crippen molar-refractivity contribution in [2.45, 2.75) is 0 Å². The predicted molar refractivity (Wildman–Crippen MR) is 60.5 cm³/mol. The van der Waals surface area contributed by atoms with Crippen molar-refractivity contribution in [3.05, 3.63) is 52.7 Å². The summed E-state index contributed by atoms with van der Waals surface area (Å²) >= 11 is 5.69. The molecule has 0 aliphatic carbocycles. The first kappa shape index (κ1) is 12.3. The fourth-order valence-electron chi connectivity index (χ4n) is 1.23. The second-order valence-electron chi connectivity index (χ2n) is 3.28. The summed E-state index contributed by atoms with van der Waals surface area (Å²) in [5, 5.41) is -0.0366. The Hall–Kier alpha value is -2.14. The highest BCUT2D eigenvalue weighted by Crippen LogP contribution is 2.25. The third kappa shape index (κ3) is 2.57. The van der Waals surface area contributed by atoms with Crippen LogP contribution in [-0.2, 0) is 0 Å². The maximum atomic E-state index is 12.8. The zero-order valence-electron chi connectivity index (χ0n) is 8.85. The molecule has 0 amide bonds. The molecule has 2 rings (SSSR count). The van der Waals surface area contributed by atoms with E-state index in [4.69, 9.17) is 20.8 Å². The van der Waals surface area contributed by atoms with E-state index < -0.39 is 11.8 Å². The molecule has 92 valence electrons. The number of carbonyl (C=O) groups excluding carboxylic acids is 2. The molecule has 0 saturated heterocycles. The molecule has 1 aromatic carbocycles. The Balaban J connectivity index is 2.18. The molecule has 0 bridgehead atoms. The molecule has 1 aromatic heterocycles. The number of hydrogen-bond acceptors (Lipinski definition) is 4. The summed E-state index contributed by atoms with van der Waals surface area (Å²) in [6.45, 7) is 0. The second kappa shape index (κ2) is 5.01. The van der Waals surface area contributed by atoms with E-state index in [0.717, 1.165) is 12.1 Å². The van der Waals surface area contributed by atoms with Crippen molar-refractivity contribution in [1.29, 1.82) is 0 Å². The Labute approximate surface area is 106 Å². The summed E-state index contributed by atoms with van der Waals surface area (Å²) in [6.07, 6.45) is 0.460. The minimum atomic E-state index is -0.823. The highest BCUT2D eigenvalue weighted by atomic mass is 35.5. The van der Waals surface area contributed by atoms with Gasteiger partial charge in [0, 0.05) is 0 Å². The Morgan fingerprint density at radius 2 is 2.11 bits per heavy atom. The van der Waals surface area contributed by atoms with Gasteiger partial charge in [0.2, 0.25) is 5.76 Å². The molecular formula is C12H6ClFO4. The Morgan fingerprint density at radius 3 is 2.72 bits per heavy atom. The molecule has 1 heterocycles. The Morgan fingerprint density at radius 1 is 1.33 bits per heavy atom. The summed E-state index contributed by atoms with van der Waals surface area (Å²) in [4.78, 5) is 22.0. The molecule has 0 radical (unpaired) electrons. The van der Waals surface area contributed by atoms with Gasteiger partial charge in [-0.1, -0.05) is 11.6 Å². The number of carbonyl (C=O) groups is 2. The number of aldehydes is 1. The van der Waals surface area contributed by atoms with Gasteiger partial charge in [-0.2, -0.15) is 0 Å². The average molecular weight is 269 g/mol. The maximum Gasteiger partial charge on any atom is 0.379 e. The van der Waals surface area contributed by atoms with Crippen LogP contribution in [0, 0.1) is 5.82 Å². The smallest absolute Gasteiger partial charge is 0.379 e. The summed E-state index contributed by atoms with van der Waals surface area (Å²) in [7, 11) is 0. The molecule has 0 saturated carbocycles. The van der Waals surface area contributed by atoms with Gasteiger partial charge in [0.05, 0.1) is 5.02 Å². The van der Waals surface area contributed by atoms with Crippen LogP contribution >= 0.6 is 11.6 Å². The normalized spacial score (nSPS) is 10.1. The van der Waals surface area contributed by atoms with Crippen LogP contribution in [0.5, 0.6) is 5.75 Å². The second-order valence-corrected chi connectivity index (χ2v) is 3.69. The summed E-state index contributed by atoms with van der Waals surface area (Å²) in [5.41, 5.74) is 0. The van der Waals surface area contributed by atoms with Gasteiger partial charge in [-0.3, -0.25) is 4.79 Å². The minimum Gasteiger partial charge on any atom is -0.446 e. The van der Waals surface area contributed by atoms with Crippen LogP contribution < -0.4 is 4.74 Å². The molecule has 0 N–H and O–H groups in total. The lowest BCUT2D eigenvalue weighted by atomic mass is 10.3. The largest absolute Gasteiger partial charge is 0.446 e. The molecule has 6 heteroatoms. The van der Waals surface area contributed by atoms with Crippen LogP contribution in [0.1, 0.15) is 21.1 Å². The van der Waals surface area contributed by atoms with Gasteiger partial charge in [0.25, 0.3) is 0 Å². The van der Waals surface area contributed by atoms with Gasteiger partial charge in [-0.15, -0.1) is 0 Å². The van der Waals surface area contributed by atoms with E-state index in [1.165, 1.54) is 18.2 Å². The van der Waals surface area contributed by atoms with E-state index in [1.807, 2.05) is 0 Å². The first-order valence-corrected chi connectivity index (χ1v) is 5.20. The van der Waals surface area contributed by atoms with Gasteiger partial charge in [-0.05, 0) is 30.3 Å². The fourth-order valence-corrected chi connectivity index (χ4v) is 1.44. The predicted octanol–water partition coefficient (Wildman–Crippen LogP) is 3.10. The molecule has 0 spiro atoms. The summed E-state index contributed by atoms with van der Waals surface area (Å²) in [5.74, 6) is -1.49. The van der Waals surface area contributed by atoms with Crippen LogP contribution in [0.2, 0.25) is 5.02 Å². The average Bonchev–Trinajstić information content (AvgIpc) is 2.81. The number of ether oxygens (including phenoxy) is 1. The lowest BCUT2D eigenvalue weighted by Gasteiger charge is -2.04. The molecule has 0 aliphatic rings. The van der Waals surface area contributed by atoms with E-state index in [9.17, 15) is 14.0 Å². The van der Waals surface area contributed by atoms with Crippen LogP contribution in [0.15, 0.2) is 34.7 Å². The maximum absolute atomic E-state index is 12.8. The summed E-state index contributed by atoms with van der Waals surface area (Å²) < 4.78 is 22.5. The van der Waals surface area contributed by atoms with Gasteiger partial charge in [-0.25, -0.2) is 9.18 Å². The van der Waals surface area contributed by atoms with Crippen molar-refractivity contribution in [1.82, 2.24) is 0 Å². The van der Waals surface area contributed by atoms with Gasteiger partial charge >= 0.3 is 5.97 Å². The molecule has 0 atom stereocenters. The monoisotopic (exact) mass is 268 g/mol. The first-order valence-electron chi connectivity index (χ1n) is 4.82. The van der Waals surface area contributed by atoms with Crippen molar-refractivity contribution < 1.29 is 23.1 Å². The van der Waals surface area contributed by atoms with E-state index in [1.54, 1.807) is 0 Å². The molecule has 4 nitrogen and oxygen atoms in total. The Kier molecular flexibility index (Phi) is 3.43. The standard InChI is InChI=1S/C12H6ClFO4/c13-9-5-7(14)1-3-10(9)18-12(16)11-4-2-8(6-15)17-11/h1-6H. The van der Waals surface area contributed by atoms with Gasteiger partial charge in [0.15, 0.2) is 12.0 Å². The van der Waals surface area contributed by atoms with Crippen molar-refractivity contribution in [3.63, 3.8) is 0 Å². The third-order valence-corrected chi connectivity index (χ3v) is 2.34. The third-order valence-electron chi connectivity index (χ3n) is 2.04. The van der Waals surface area contributed by atoms with Crippen molar-refractivity contribution >= 4 is 23.9 Å². The molecular weight excluding hydrogens is 263 g/mol. The number of rotatable bonds is 3. The van der Waals surface area contributed by atoms with Crippen LogP contribution in [0.25, 0.3) is 0 Å². The first-order chi connectivity index (χ1) is 8.60. The number of hydrogen-bond donors (Lipinski definition) is 0. The molecule has 0 aliphatic heterocycles. The molecule has 18 heavy (non-hydrogen) atoms. The topological polar surface area (TPSA) is 56.5 Å². The molecule has 0 fully saturated rings. The molecule has 0 unspecified atom stereocenters. The number of furan rings is 1. The van der Waals surface area contributed by atoms with E-state index in [-0.39, 0.29) is 22.3 Å². The molecule has 2 aromatic rings.